The van der Waals surface area contributed by atoms with Crippen molar-refractivity contribution in [3.05, 3.63) is 0 Å². The van der Waals surface area contributed by atoms with Crippen LogP contribution in [-0.2, 0) is 14.3 Å². The number of ketones is 1. The lowest BCUT2D eigenvalue weighted by Gasteiger charge is -2.28. The fraction of sp³-hybridized carbons (Fsp3) is 0.818. The van der Waals surface area contributed by atoms with E-state index in [0.717, 1.165) is 12.8 Å². The van der Waals surface area contributed by atoms with Crippen molar-refractivity contribution in [3.8, 4) is 0 Å². The van der Waals surface area contributed by atoms with Crippen molar-refractivity contribution in [2.24, 2.45) is 11.8 Å². The van der Waals surface area contributed by atoms with Gasteiger partial charge >= 0.3 is 5.97 Å². The summed E-state index contributed by atoms with van der Waals surface area (Å²) in [6.07, 6.45) is 2.13. The Kier molecular flexibility index (Phi) is 4.77. The number of carbonyl (C=O) groups is 2. The molecule has 0 aromatic heterocycles. The summed E-state index contributed by atoms with van der Waals surface area (Å²) >= 11 is 3.35. The fourth-order valence-electron chi connectivity index (χ4n) is 1.92. The molecule has 0 bridgehead atoms. The van der Waals surface area contributed by atoms with Gasteiger partial charge in [0, 0.05) is 6.42 Å². The first-order valence-corrected chi connectivity index (χ1v) is 6.31. The number of alkyl halides is 1. The normalized spacial score (nSPS) is 28.6. The molecule has 3 unspecified atom stereocenters. The van der Waals surface area contributed by atoms with E-state index < -0.39 is 0 Å². The van der Waals surface area contributed by atoms with Crippen LogP contribution in [0.1, 0.15) is 33.1 Å². The van der Waals surface area contributed by atoms with E-state index in [1.165, 1.54) is 0 Å². The molecule has 0 heterocycles. The maximum absolute atomic E-state index is 11.5. The molecule has 1 aliphatic rings. The average molecular weight is 277 g/mol. The van der Waals surface area contributed by atoms with Gasteiger partial charge in [-0.3, -0.25) is 9.59 Å². The van der Waals surface area contributed by atoms with Crippen molar-refractivity contribution >= 4 is 27.7 Å². The van der Waals surface area contributed by atoms with Gasteiger partial charge in [-0.1, -0.05) is 22.9 Å². The first-order chi connectivity index (χ1) is 7.06. The van der Waals surface area contributed by atoms with Crippen LogP contribution in [0.2, 0.25) is 0 Å². The molecule has 0 aromatic carbocycles. The van der Waals surface area contributed by atoms with Gasteiger partial charge in [0.15, 0.2) is 0 Å². The summed E-state index contributed by atoms with van der Waals surface area (Å²) in [4.78, 5) is 22.7. The summed E-state index contributed by atoms with van der Waals surface area (Å²) in [6.45, 7) is 4.12. The zero-order valence-corrected chi connectivity index (χ0v) is 10.7. The van der Waals surface area contributed by atoms with Crippen LogP contribution < -0.4 is 0 Å². The number of ether oxygens (including phenoxy) is 1. The quantitative estimate of drug-likeness (QED) is 0.587. The molecule has 15 heavy (non-hydrogen) atoms. The Hall–Kier alpha value is -0.380. The lowest BCUT2D eigenvalue weighted by atomic mass is 9.80. The van der Waals surface area contributed by atoms with E-state index in [1.54, 1.807) is 0 Å². The van der Waals surface area contributed by atoms with E-state index in [4.69, 9.17) is 4.74 Å². The molecule has 0 spiro atoms. The highest BCUT2D eigenvalue weighted by atomic mass is 79.9. The topological polar surface area (TPSA) is 43.4 Å². The molecule has 1 aliphatic carbocycles. The van der Waals surface area contributed by atoms with E-state index in [2.05, 4.69) is 15.9 Å². The van der Waals surface area contributed by atoms with E-state index in [9.17, 15) is 9.59 Å². The van der Waals surface area contributed by atoms with E-state index in [1.807, 2.05) is 13.8 Å². The molecular formula is C11H17BrO3. The zero-order valence-electron chi connectivity index (χ0n) is 9.16. The smallest absolute Gasteiger partial charge is 0.308 e. The van der Waals surface area contributed by atoms with Crippen molar-refractivity contribution in [1.29, 1.82) is 0 Å². The van der Waals surface area contributed by atoms with Gasteiger partial charge in [-0.2, -0.15) is 0 Å². The van der Waals surface area contributed by atoms with Gasteiger partial charge in [-0.25, -0.2) is 0 Å². The molecule has 0 saturated heterocycles. The van der Waals surface area contributed by atoms with Gasteiger partial charge in [-0.05, 0) is 25.7 Å². The third kappa shape index (κ3) is 3.30. The highest BCUT2D eigenvalue weighted by molar-refractivity contribution is 9.10. The molecule has 0 aliphatic heterocycles. The Bertz CT molecular complexity index is 252. The summed E-state index contributed by atoms with van der Waals surface area (Å²) in [5.74, 6) is 0.281. The van der Waals surface area contributed by atoms with Crippen molar-refractivity contribution in [2.45, 2.75) is 37.9 Å². The predicted octanol–water partition coefficient (Wildman–Crippen LogP) is 2.32. The number of rotatable bonds is 3. The molecule has 0 aromatic rings. The third-order valence-electron chi connectivity index (χ3n) is 2.99. The Morgan fingerprint density at radius 1 is 1.67 bits per heavy atom. The van der Waals surface area contributed by atoms with Gasteiger partial charge in [0.05, 0.1) is 17.4 Å². The molecule has 0 amide bonds. The first-order valence-electron chi connectivity index (χ1n) is 5.39. The average Bonchev–Trinajstić information content (AvgIpc) is 2.21. The molecule has 3 nitrogen and oxygen atoms in total. The van der Waals surface area contributed by atoms with Crippen LogP contribution >= 0.6 is 15.9 Å². The van der Waals surface area contributed by atoms with Crippen molar-refractivity contribution in [3.63, 3.8) is 0 Å². The Balaban J connectivity index is 2.50. The van der Waals surface area contributed by atoms with Crippen molar-refractivity contribution in [2.75, 3.05) is 6.61 Å². The monoisotopic (exact) mass is 276 g/mol. The molecule has 3 atom stereocenters. The number of hydrogen-bond donors (Lipinski definition) is 0. The maximum atomic E-state index is 11.5. The third-order valence-corrected chi connectivity index (χ3v) is 3.87. The maximum Gasteiger partial charge on any atom is 0.308 e. The minimum absolute atomic E-state index is 0.0758. The van der Waals surface area contributed by atoms with E-state index in [-0.39, 0.29) is 28.4 Å². The van der Waals surface area contributed by atoms with Gasteiger partial charge in [0.2, 0.25) is 0 Å². The summed E-state index contributed by atoms with van der Waals surface area (Å²) < 4.78 is 4.98. The first kappa shape index (κ1) is 12.7. The number of carbonyl (C=O) groups excluding carboxylic acids is 2. The molecule has 86 valence electrons. The lowest BCUT2D eigenvalue weighted by Crippen LogP contribution is -2.32. The molecular weight excluding hydrogens is 260 g/mol. The van der Waals surface area contributed by atoms with Crippen LogP contribution in [0.4, 0.5) is 0 Å². The van der Waals surface area contributed by atoms with Gasteiger partial charge in [0.25, 0.3) is 0 Å². The molecule has 4 heteroatoms. The second kappa shape index (κ2) is 5.64. The van der Waals surface area contributed by atoms with Crippen molar-refractivity contribution < 1.29 is 14.3 Å². The standard InChI is InChI=1S/C11H17BrO3/c1-3-15-11(14)7(2)8-4-5-10(13)9(12)6-8/h7-9H,3-6H2,1-2H3. The van der Waals surface area contributed by atoms with Gasteiger partial charge < -0.3 is 4.74 Å². The van der Waals surface area contributed by atoms with Gasteiger partial charge in [0.1, 0.15) is 5.78 Å². The molecule has 0 N–H and O–H groups in total. The minimum atomic E-state index is -0.142. The summed E-state index contributed by atoms with van der Waals surface area (Å²) in [6, 6.07) is 0. The number of hydrogen-bond acceptors (Lipinski definition) is 3. The highest BCUT2D eigenvalue weighted by Crippen LogP contribution is 2.32. The van der Waals surface area contributed by atoms with Crippen LogP contribution in [0.15, 0.2) is 0 Å². The summed E-state index contributed by atoms with van der Waals surface area (Å²) in [5, 5.41) is 0. The predicted molar refractivity (Wildman–Crippen MR) is 60.9 cm³/mol. The van der Waals surface area contributed by atoms with Crippen LogP contribution in [0, 0.1) is 11.8 Å². The Labute approximate surface area is 98.7 Å². The summed E-state index contributed by atoms with van der Waals surface area (Å²) in [7, 11) is 0. The Morgan fingerprint density at radius 2 is 2.33 bits per heavy atom. The minimum Gasteiger partial charge on any atom is -0.466 e. The highest BCUT2D eigenvalue weighted by Gasteiger charge is 2.33. The number of halogens is 1. The van der Waals surface area contributed by atoms with Crippen molar-refractivity contribution in [1.82, 2.24) is 0 Å². The Morgan fingerprint density at radius 3 is 2.87 bits per heavy atom. The van der Waals surface area contributed by atoms with E-state index >= 15 is 0 Å². The SMILES string of the molecule is CCOC(=O)C(C)C1CCC(=O)C(Br)C1. The molecule has 0 radical (unpaired) electrons. The molecule has 1 fully saturated rings. The fourth-order valence-corrected chi connectivity index (χ4v) is 2.63. The van der Waals surface area contributed by atoms with Crippen LogP contribution in [0.25, 0.3) is 0 Å². The largest absolute Gasteiger partial charge is 0.466 e. The van der Waals surface area contributed by atoms with Crippen LogP contribution in [0.5, 0.6) is 0 Å². The van der Waals surface area contributed by atoms with Gasteiger partial charge in [-0.15, -0.1) is 0 Å². The second-order valence-electron chi connectivity index (χ2n) is 4.01. The molecule has 1 rings (SSSR count). The molecule has 1 saturated carbocycles. The zero-order chi connectivity index (χ0) is 11.4. The summed E-state index contributed by atoms with van der Waals surface area (Å²) in [5.41, 5.74) is 0. The van der Waals surface area contributed by atoms with Crippen LogP contribution in [0.3, 0.4) is 0 Å². The number of esters is 1. The van der Waals surface area contributed by atoms with E-state index in [0.29, 0.717) is 13.0 Å². The van der Waals surface area contributed by atoms with Crippen LogP contribution in [-0.4, -0.2) is 23.2 Å². The number of Topliss-reactive ketones (excluding diaryl/α,β-unsaturated/α-hetero) is 1. The lowest BCUT2D eigenvalue weighted by molar-refractivity contribution is -0.150. The second-order valence-corrected chi connectivity index (χ2v) is 5.11.